The molecule has 0 spiro atoms. The number of likely N-dealkylation sites (tertiary alicyclic amines) is 1. The van der Waals surface area contributed by atoms with Crippen LogP contribution in [-0.4, -0.2) is 36.0 Å². The Bertz CT molecular complexity index is 484. The van der Waals surface area contributed by atoms with Gasteiger partial charge in [-0.05, 0) is 64.9 Å². The van der Waals surface area contributed by atoms with Crippen LogP contribution in [0.1, 0.15) is 43.4 Å². The van der Waals surface area contributed by atoms with Crippen molar-refractivity contribution in [2.75, 3.05) is 26.2 Å². The summed E-state index contributed by atoms with van der Waals surface area (Å²) in [5.41, 5.74) is 1.90. The second-order valence-electron chi connectivity index (χ2n) is 5.88. The first-order valence-electron chi connectivity index (χ1n) is 7.78. The molecule has 2 rings (SSSR count). The van der Waals surface area contributed by atoms with Crippen molar-refractivity contribution in [1.29, 1.82) is 0 Å². The van der Waals surface area contributed by atoms with Gasteiger partial charge in [-0.1, -0.05) is 12.1 Å². The lowest BCUT2D eigenvalue weighted by molar-refractivity contribution is -0.385. The first-order chi connectivity index (χ1) is 10.1. The molecule has 0 amide bonds. The highest BCUT2D eigenvalue weighted by Gasteiger charge is 2.14. The number of nitro groups is 1. The molecule has 1 aliphatic heterocycles. The molecule has 1 unspecified atom stereocenters. The van der Waals surface area contributed by atoms with E-state index < -0.39 is 0 Å². The second kappa shape index (κ2) is 7.52. The van der Waals surface area contributed by atoms with Gasteiger partial charge in [-0.2, -0.15) is 0 Å². The Balaban J connectivity index is 1.81. The Morgan fingerprint density at radius 1 is 1.38 bits per heavy atom. The molecule has 5 heteroatoms. The van der Waals surface area contributed by atoms with Gasteiger partial charge in [0.25, 0.3) is 5.69 Å². The zero-order valence-corrected chi connectivity index (χ0v) is 13.0. The molecule has 0 aromatic heterocycles. The molecule has 1 saturated heterocycles. The monoisotopic (exact) mass is 291 g/mol. The molecule has 1 fully saturated rings. The van der Waals surface area contributed by atoms with Crippen LogP contribution in [0, 0.1) is 17.0 Å². The Morgan fingerprint density at radius 2 is 2.10 bits per heavy atom. The molecule has 0 saturated carbocycles. The molecule has 1 atom stereocenters. The molecule has 1 aromatic carbocycles. The first-order valence-corrected chi connectivity index (χ1v) is 7.78. The molecule has 1 heterocycles. The summed E-state index contributed by atoms with van der Waals surface area (Å²) in [5, 5.41) is 14.4. The molecular weight excluding hydrogens is 266 g/mol. The quantitative estimate of drug-likeness (QED) is 0.476. The van der Waals surface area contributed by atoms with Gasteiger partial charge < -0.3 is 10.2 Å². The van der Waals surface area contributed by atoms with Gasteiger partial charge in [-0.25, -0.2) is 0 Å². The van der Waals surface area contributed by atoms with Crippen molar-refractivity contribution in [3.8, 4) is 0 Å². The Labute approximate surface area is 126 Å². The lowest BCUT2D eigenvalue weighted by atomic mass is 10.0. The number of hydrogen-bond donors (Lipinski definition) is 1. The van der Waals surface area contributed by atoms with Crippen molar-refractivity contribution < 1.29 is 4.92 Å². The van der Waals surface area contributed by atoms with Crippen molar-refractivity contribution >= 4 is 5.69 Å². The number of aryl methyl sites for hydroxylation is 1. The van der Waals surface area contributed by atoms with Gasteiger partial charge >= 0.3 is 0 Å². The van der Waals surface area contributed by atoms with Gasteiger partial charge in [0.15, 0.2) is 0 Å². The smallest absolute Gasteiger partial charge is 0.272 e. The van der Waals surface area contributed by atoms with Gasteiger partial charge in [0, 0.05) is 17.7 Å². The van der Waals surface area contributed by atoms with Crippen molar-refractivity contribution in [2.45, 2.75) is 39.2 Å². The average molecular weight is 291 g/mol. The third-order valence-corrected chi connectivity index (χ3v) is 4.23. The van der Waals surface area contributed by atoms with Gasteiger partial charge in [-0.15, -0.1) is 0 Å². The topological polar surface area (TPSA) is 58.4 Å². The van der Waals surface area contributed by atoms with Crippen molar-refractivity contribution in [2.24, 2.45) is 0 Å². The molecule has 0 radical (unpaired) electrons. The molecule has 1 N–H and O–H groups in total. The van der Waals surface area contributed by atoms with E-state index in [1.54, 1.807) is 13.0 Å². The molecule has 5 nitrogen and oxygen atoms in total. The largest absolute Gasteiger partial charge is 0.310 e. The lowest BCUT2D eigenvalue weighted by Crippen LogP contribution is -2.26. The van der Waals surface area contributed by atoms with Crippen LogP contribution in [-0.2, 0) is 0 Å². The summed E-state index contributed by atoms with van der Waals surface area (Å²) in [7, 11) is 0. The molecule has 1 aliphatic rings. The molecule has 21 heavy (non-hydrogen) atoms. The fourth-order valence-corrected chi connectivity index (χ4v) is 2.84. The van der Waals surface area contributed by atoms with Crippen molar-refractivity contribution in [3.05, 3.63) is 39.4 Å². The van der Waals surface area contributed by atoms with E-state index in [1.165, 1.54) is 25.9 Å². The van der Waals surface area contributed by atoms with Gasteiger partial charge in [-0.3, -0.25) is 10.1 Å². The highest BCUT2D eigenvalue weighted by atomic mass is 16.6. The minimum atomic E-state index is -0.307. The van der Waals surface area contributed by atoms with Crippen LogP contribution in [0.15, 0.2) is 18.2 Å². The summed E-state index contributed by atoms with van der Waals surface area (Å²) >= 11 is 0. The highest BCUT2D eigenvalue weighted by molar-refractivity contribution is 5.43. The molecule has 0 bridgehead atoms. The molecule has 0 aliphatic carbocycles. The predicted molar refractivity (Wildman–Crippen MR) is 84.5 cm³/mol. The fraction of sp³-hybridized carbons (Fsp3) is 0.625. The zero-order valence-electron chi connectivity index (χ0n) is 13.0. The highest BCUT2D eigenvalue weighted by Crippen LogP contribution is 2.23. The minimum absolute atomic E-state index is 0.142. The average Bonchev–Trinajstić information content (AvgIpc) is 2.96. The van der Waals surface area contributed by atoms with Crippen molar-refractivity contribution in [3.63, 3.8) is 0 Å². The number of benzene rings is 1. The van der Waals surface area contributed by atoms with Gasteiger partial charge in [0.1, 0.15) is 0 Å². The zero-order chi connectivity index (χ0) is 15.2. The maximum absolute atomic E-state index is 11.0. The first kappa shape index (κ1) is 15.9. The Kier molecular flexibility index (Phi) is 5.70. The van der Waals surface area contributed by atoms with E-state index >= 15 is 0 Å². The summed E-state index contributed by atoms with van der Waals surface area (Å²) in [6, 6.07) is 5.63. The third-order valence-electron chi connectivity index (χ3n) is 4.23. The normalized spacial score (nSPS) is 17.0. The predicted octanol–water partition coefficient (Wildman–Crippen LogP) is 3.04. The third kappa shape index (κ3) is 4.51. The van der Waals surface area contributed by atoms with E-state index in [-0.39, 0.29) is 16.7 Å². The standard InChI is InChI=1S/C16H25N3O2/c1-13-6-7-15(12-16(13)19(20)21)14(2)17-8-5-11-18-9-3-4-10-18/h6-7,12,14,17H,3-5,8-11H2,1-2H3. The number of nitrogens with one attached hydrogen (secondary N) is 1. The number of nitrogens with zero attached hydrogens (tertiary/aromatic N) is 2. The van der Waals surface area contributed by atoms with Crippen LogP contribution in [0.4, 0.5) is 5.69 Å². The van der Waals surface area contributed by atoms with Crippen LogP contribution in [0.2, 0.25) is 0 Å². The molecular formula is C16H25N3O2. The number of rotatable bonds is 7. The van der Waals surface area contributed by atoms with E-state index in [2.05, 4.69) is 17.1 Å². The molecule has 116 valence electrons. The minimum Gasteiger partial charge on any atom is -0.310 e. The van der Waals surface area contributed by atoms with E-state index in [1.807, 2.05) is 12.1 Å². The van der Waals surface area contributed by atoms with Crippen LogP contribution < -0.4 is 5.32 Å². The maximum Gasteiger partial charge on any atom is 0.272 e. The summed E-state index contributed by atoms with van der Waals surface area (Å²) in [6.45, 7) is 8.40. The van der Waals surface area contributed by atoms with Crippen LogP contribution in [0.25, 0.3) is 0 Å². The maximum atomic E-state index is 11.0. The van der Waals surface area contributed by atoms with Crippen molar-refractivity contribution in [1.82, 2.24) is 10.2 Å². The number of hydrogen-bond acceptors (Lipinski definition) is 4. The Morgan fingerprint density at radius 3 is 2.76 bits per heavy atom. The summed E-state index contributed by atoms with van der Waals surface area (Å²) < 4.78 is 0. The van der Waals surface area contributed by atoms with E-state index in [9.17, 15) is 10.1 Å². The van der Waals surface area contributed by atoms with Crippen LogP contribution in [0.5, 0.6) is 0 Å². The van der Waals surface area contributed by atoms with E-state index in [0.29, 0.717) is 5.56 Å². The van der Waals surface area contributed by atoms with Gasteiger partial charge in [0.2, 0.25) is 0 Å². The van der Waals surface area contributed by atoms with E-state index in [0.717, 1.165) is 25.1 Å². The fourth-order valence-electron chi connectivity index (χ4n) is 2.84. The number of nitro benzene ring substituents is 1. The summed E-state index contributed by atoms with van der Waals surface area (Å²) in [5.74, 6) is 0. The second-order valence-corrected chi connectivity index (χ2v) is 5.88. The summed E-state index contributed by atoms with van der Waals surface area (Å²) in [6.07, 6.45) is 3.78. The van der Waals surface area contributed by atoms with Crippen LogP contribution >= 0.6 is 0 Å². The SMILES string of the molecule is Cc1ccc(C(C)NCCCN2CCCC2)cc1[N+](=O)[O-]. The van der Waals surface area contributed by atoms with E-state index in [4.69, 9.17) is 0 Å². The summed E-state index contributed by atoms with van der Waals surface area (Å²) in [4.78, 5) is 13.2. The lowest BCUT2D eigenvalue weighted by Gasteiger charge is -2.17. The van der Waals surface area contributed by atoms with Gasteiger partial charge in [0.05, 0.1) is 4.92 Å². The molecule has 1 aromatic rings. The Hall–Kier alpha value is -1.46. The van der Waals surface area contributed by atoms with Crippen LogP contribution in [0.3, 0.4) is 0 Å².